The van der Waals surface area contributed by atoms with E-state index in [0.29, 0.717) is 20.9 Å². The van der Waals surface area contributed by atoms with E-state index in [1.165, 1.54) is 40.9 Å². The zero-order chi connectivity index (χ0) is 21.8. The molecule has 2 fully saturated rings. The highest BCUT2D eigenvalue weighted by Crippen LogP contribution is 2.45. The van der Waals surface area contributed by atoms with Crippen LogP contribution in [-0.4, -0.2) is 34.1 Å². The summed E-state index contributed by atoms with van der Waals surface area (Å²) in [6.45, 7) is 2.69. The molecule has 1 aliphatic heterocycles. The van der Waals surface area contributed by atoms with Gasteiger partial charge >= 0.3 is 0 Å². The highest BCUT2D eigenvalue weighted by Gasteiger charge is 2.40. The van der Waals surface area contributed by atoms with Crippen LogP contribution in [0.3, 0.4) is 0 Å². The number of thiophene rings is 1. The minimum absolute atomic E-state index is 0.134. The van der Waals surface area contributed by atoms with Crippen molar-refractivity contribution in [3.8, 4) is 0 Å². The molecule has 0 radical (unpaired) electrons. The number of nitrogens with one attached hydrogen (secondary N) is 1. The molecule has 0 unspecified atom stereocenters. The van der Waals surface area contributed by atoms with Crippen LogP contribution in [0.2, 0.25) is 0 Å². The molecule has 7 heteroatoms. The predicted molar refractivity (Wildman–Crippen MR) is 121 cm³/mol. The van der Waals surface area contributed by atoms with Crippen molar-refractivity contribution in [1.29, 1.82) is 4.78 Å². The van der Waals surface area contributed by atoms with Gasteiger partial charge in [-0.15, -0.1) is 11.3 Å². The Labute approximate surface area is 187 Å². The maximum Gasteiger partial charge on any atom is 0.151 e. The first kappa shape index (κ1) is 21.3. The first-order valence-corrected chi connectivity index (χ1v) is 13.6. The van der Waals surface area contributed by atoms with Crippen LogP contribution < -0.4 is 0 Å². The Morgan fingerprint density at radius 3 is 2.74 bits per heavy atom. The third-order valence-electron chi connectivity index (χ3n) is 7.04. The lowest BCUT2D eigenvalue weighted by atomic mass is 9.86. The minimum Gasteiger partial charge on any atom is -0.379 e. The fraction of sp³-hybridized carbons (Fsp3) is 0.542. The van der Waals surface area contributed by atoms with Crippen molar-refractivity contribution in [2.24, 2.45) is 5.92 Å². The summed E-state index contributed by atoms with van der Waals surface area (Å²) in [4.78, 5) is 13.7. The van der Waals surface area contributed by atoms with E-state index >= 15 is 0 Å². The molecule has 3 aliphatic rings. The number of rotatable bonds is 8. The summed E-state index contributed by atoms with van der Waals surface area (Å²) in [6.07, 6.45) is 5.97. The molecule has 2 N–H and O–H groups in total. The van der Waals surface area contributed by atoms with Gasteiger partial charge in [-0.3, -0.25) is 4.79 Å². The van der Waals surface area contributed by atoms with Crippen LogP contribution in [0, 0.1) is 10.7 Å². The van der Waals surface area contributed by atoms with Crippen molar-refractivity contribution in [1.82, 2.24) is 0 Å². The number of benzene rings is 1. The molecule has 166 valence electrons. The number of Topliss-reactive ketones (excluding diaryl/α,β-unsaturated/α-hetero) is 1. The second kappa shape index (κ2) is 7.80. The summed E-state index contributed by atoms with van der Waals surface area (Å²) in [7, 11) is -3.24. The second-order valence-corrected chi connectivity index (χ2v) is 12.8. The van der Waals surface area contributed by atoms with Crippen molar-refractivity contribution < 1.29 is 18.8 Å². The molecule has 0 spiro atoms. The number of hydrogen-bond donors (Lipinski definition) is 2. The van der Waals surface area contributed by atoms with Crippen molar-refractivity contribution in [3.05, 3.63) is 51.4 Å². The molecular formula is C24H29NO4S2. The average molecular weight is 460 g/mol. The third kappa shape index (κ3) is 4.01. The average Bonchev–Trinajstić information content (AvgIpc) is 3.22. The number of ketones is 1. The number of carbonyl (C=O) groups excluding carboxylic acids is 1. The second-order valence-electron chi connectivity index (χ2n) is 9.43. The van der Waals surface area contributed by atoms with E-state index in [-0.39, 0.29) is 31.2 Å². The number of carbonyl (C=O) groups is 1. The normalized spacial score (nSPS) is 22.4. The number of fused-ring (bicyclic) bond motifs is 1. The maximum absolute atomic E-state index is 13.1. The zero-order valence-electron chi connectivity index (χ0n) is 17.8. The van der Waals surface area contributed by atoms with Crippen LogP contribution in [0.1, 0.15) is 59.2 Å². The van der Waals surface area contributed by atoms with E-state index in [1.807, 2.05) is 0 Å². The SMILES string of the molecule is C[C@H](c1ccc2c(c1CC(=O)C[S@](=N)(=O)c1ccc(C3(O)COC3)s1)CCC2)C1CC1. The largest absolute Gasteiger partial charge is 0.379 e. The molecule has 0 bridgehead atoms. The molecule has 2 aromatic rings. The van der Waals surface area contributed by atoms with E-state index in [0.717, 1.165) is 24.8 Å². The summed E-state index contributed by atoms with van der Waals surface area (Å²) in [5, 5.41) is 10.4. The molecule has 1 saturated heterocycles. The first-order chi connectivity index (χ1) is 14.8. The van der Waals surface area contributed by atoms with Crippen molar-refractivity contribution in [2.75, 3.05) is 19.0 Å². The van der Waals surface area contributed by atoms with Gasteiger partial charge < -0.3 is 9.84 Å². The molecule has 1 aromatic heterocycles. The predicted octanol–water partition coefficient (Wildman–Crippen LogP) is 4.19. The molecule has 5 rings (SSSR count). The number of aryl methyl sites for hydroxylation is 1. The summed E-state index contributed by atoms with van der Waals surface area (Å²) in [5.41, 5.74) is 4.04. The molecule has 2 aliphatic carbocycles. The summed E-state index contributed by atoms with van der Waals surface area (Å²) in [6, 6.07) is 7.78. The van der Waals surface area contributed by atoms with Gasteiger partial charge in [-0.05, 0) is 78.3 Å². The topological polar surface area (TPSA) is 87.5 Å². The Balaban J connectivity index is 1.36. The first-order valence-electron chi connectivity index (χ1n) is 11.1. The quantitative estimate of drug-likeness (QED) is 0.620. The van der Waals surface area contributed by atoms with E-state index in [2.05, 4.69) is 19.1 Å². The van der Waals surface area contributed by atoms with Crippen molar-refractivity contribution in [3.63, 3.8) is 0 Å². The highest BCUT2D eigenvalue weighted by molar-refractivity contribution is 7.95. The Morgan fingerprint density at radius 1 is 1.29 bits per heavy atom. The van der Waals surface area contributed by atoms with Gasteiger partial charge in [0.1, 0.15) is 9.81 Å². The molecule has 5 nitrogen and oxygen atoms in total. The Bertz CT molecular complexity index is 1130. The fourth-order valence-corrected chi connectivity index (χ4v) is 7.74. The maximum atomic E-state index is 13.1. The molecule has 1 saturated carbocycles. The lowest BCUT2D eigenvalue weighted by Gasteiger charge is -2.35. The number of hydrogen-bond acceptors (Lipinski definition) is 6. The van der Waals surface area contributed by atoms with E-state index in [4.69, 9.17) is 9.52 Å². The molecule has 2 heterocycles. The van der Waals surface area contributed by atoms with E-state index in [1.54, 1.807) is 12.1 Å². The standard InChI is InChI=1S/C24H29NO4S2/c1-15(16-5-6-16)19-8-7-17-3-2-4-20(17)21(19)11-18(26)12-31(25,28)23-10-9-22(30-23)24(27)13-29-14-24/h7-10,15-16,25,27H,2-6,11-14H2,1H3/t15-,31-/m0/s1. The Morgan fingerprint density at radius 2 is 2.06 bits per heavy atom. The Kier molecular flexibility index (Phi) is 5.36. The number of ether oxygens (including phenoxy) is 1. The van der Waals surface area contributed by atoms with Crippen LogP contribution in [-0.2, 0) is 44.1 Å². The van der Waals surface area contributed by atoms with Crippen LogP contribution in [0.4, 0.5) is 0 Å². The molecule has 0 amide bonds. The van der Waals surface area contributed by atoms with Gasteiger partial charge in [-0.2, -0.15) is 0 Å². The fourth-order valence-electron chi connectivity index (χ4n) is 4.98. The molecule has 2 atom stereocenters. The smallest absolute Gasteiger partial charge is 0.151 e. The van der Waals surface area contributed by atoms with Gasteiger partial charge in [0.05, 0.1) is 28.7 Å². The molecule has 31 heavy (non-hydrogen) atoms. The van der Waals surface area contributed by atoms with Gasteiger partial charge in [-0.25, -0.2) is 8.99 Å². The van der Waals surface area contributed by atoms with Crippen molar-refractivity contribution >= 4 is 26.8 Å². The van der Waals surface area contributed by atoms with E-state index in [9.17, 15) is 14.1 Å². The van der Waals surface area contributed by atoms with Crippen LogP contribution in [0.5, 0.6) is 0 Å². The van der Waals surface area contributed by atoms with Gasteiger partial charge in [0.15, 0.2) is 5.78 Å². The molecular weight excluding hydrogens is 430 g/mol. The van der Waals surface area contributed by atoms with Crippen LogP contribution in [0.15, 0.2) is 28.5 Å². The third-order valence-corrected chi connectivity index (χ3v) is 10.7. The van der Waals surface area contributed by atoms with Crippen LogP contribution in [0.25, 0.3) is 0 Å². The lowest BCUT2D eigenvalue weighted by Crippen LogP contribution is -2.45. The summed E-state index contributed by atoms with van der Waals surface area (Å²) < 4.78 is 27.0. The minimum atomic E-state index is -3.24. The van der Waals surface area contributed by atoms with E-state index < -0.39 is 15.3 Å². The zero-order valence-corrected chi connectivity index (χ0v) is 19.4. The van der Waals surface area contributed by atoms with Gasteiger partial charge in [0.2, 0.25) is 0 Å². The van der Waals surface area contributed by atoms with Gasteiger partial charge in [0.25, 0.3) is 0 Å². The highest BCUT2D eigenvalue weighted by atomic mass is 32.2. The van der Waals surface area contributed by atoms with Gasteiger partial charge in [-0.1, -0.05) is 19.1 Å². The van der Waals surface area contributed by atoms with Crippen LogP contribution >= 0.6 is 11.3 Å². The summed E-state index contributed by atoms with van der Waals surface area (Å²) in [5.74, 6) is 0.743. The Hall–Kier alpha value is -1.54. The van der Waals surface area contributed by atoms with Gasteiger partial charge in [0, 0.05) is 11.3 Å². The van der Waals surface area contributed by atoms with Crippen molar-refractivity contribution in [2.45, 2.75) is 61.2 Å². The monoisotopic (exact) mass is 459 g/mol. The summed E-state index contributed by atoms with van der Waals surface area (Å²) >= 11 is 1.17. The lowest BCUT2D eigenvalue weighted by molar-refractivity contribution is -0.182. The molecule has 1 aromatic carbocycles. The number of aliphatic hydroxyl groups is 1.